The van der Waals surface area contributed by atoms with Crippen molar-refractivity contribution in [1.82, 2.24) is 9.55 Å². The van der Waals surface area contributed by atoms with E-state index < -0.39 is 0 Å². The molecule has 1 aliphatic rings. The van der Waals surface area contributed by atoms with Gasteiger partial charge in [-0.15, -0.1) is 24.8 Å². The zero-order chi connectivity index (χ0) is 17.2. The van der Waals surface area contributed by atoms with Crippen LogP contribution in [0.4, 0.5) is 11.4 Å². The Labute approximate surface area is 171 Å². The van der Waals surface area contributed by atoms with Crippen LogP contribution in [-0.4, -0.2) is 15.5 Å². The first-order valence-electron chi connectivity index (χ1n) is 8.82. The van der Waals surface area contributed by atoms with Crippen molar-refractivity contribution in [2.24, 2.45) is 0 Å². The van der Waals surface area contributed by atoms with E-state index in [1.807, 2.05) is 36.4 Å². The molecular weight excluding hydrogens is 383 g/mol. The van der Waals surface area contributed by atoms with Gasteiger partial charge in [-0.25, -0.2) is 4.98 Å². The number of hydrogen-bond acceptors (Lipinski definition) is 3. The van der Waals surface area contributed by atoms with Gasteiger partial charge >= 0.3 is 0 Å². The molecule has 0 saturated carbocycles. The molecule has 0 fully saturated rings. The highest BCUT2D eigenvalue weighted by molar-refractivity contribution is 5.94. The Hall–Kier alpha value is -2.24. The van der Waals surface area contributed by atoms with E-state index in [1.54, 1.807) is 0 Å². The molecule has 5 nitrogen and oxygen atoms in total. The molecule has 0 saturated heterocycles. The summed E-state index contributed by atoms with van der Waals surface area (Å²) in [4.78, 5) is 17.0. The highest BCUT2D eigenvalue weighted by Gasteiger charge is 2.14. The van der Waals surface area contributed by atoms with Gasteiger partial charge in [-0.05, 0) is 48.7 Å². The summed E-state index contributed by atoms with van der Waals surface area (Å²) in [5, 5.41) is 2.97. The molecule has 27 heavy (non-hydrogen) atoms. The predicted octanol–water partition coefficient (Wildman–Crippen LogP) is 4.37. The number of halogens is 2. The Morgan fingerprint density at radius 3 is 2.63 bits per heavy atom. The number of nitrogens with zero attached hydrogens (tertiary/aromatic N) is 2. The number of amides is 1. The van der Waals surface area contributed by atoms with E-state index in [2.05, 4.69) is 16.0 Å². The minimum atomic E-state index is -0.0371. The number of imidazole rings is 1. The summed E-state index contributed by atoms with van der Waals surface area (Å²) in [5.41, 5.74) is 10.2. The Balaban J connectivity index is 0.00000131. The molecule has 1 aromatic heterocycles. The van der Waals surface area contributed by atoms with E-state index in [9.17, 15) is 4.79 Å². The van der Waals surface area contributed by atoms with E-state index in [1.165, 1.54) is 19.3 Å². The predicted molar refractivity (Wildman–Crippen MR) is 115 cm³/mol. The lowest BCUT2D eigenvalue weighted by Crippen LogP contribution is -2.14. The number of aromatic nitrogens is 2. The van der Waals surface area contributed by atoms with Crippen LogP contribution in [0.3, 0.4) is 0 Å². The topological polar surface area (TPSA) is 72.9 Å². The average molecular weight is 407 g/mol. The number of hydrogen-bond donors (Lipinski definition) is 2. The molecule has 0 radical (unpaired) electrons. The quantitative estimate of drug-likeness (QED) is 0.634. The Kier molecular flexibility index (Phi) is 7.11. The van der Waals surface area contributed by atoms with Crippen LogP contribution in [0.1, 0.15) is 30.7 Å². The molecule has 1 amide bonds. The van der Waals surface area contributed by atoms with Gasteiger partial charge < -0.3 is 15.6 Å². The lowest BCUT2D eigenvalue weighted by molar-refractivity contribution is -0.115. The highest BCUT2D eigenvalue weighted by atomic mass is 35.5. The van der Waals surface area contributed by atoms with Crippen molar-refractivity contribution in [2.75, 3.05) is 11.1 Å². The summed E-state index contributed by atoms with van der Waals surface area (Å²) in [5.74, 6) is 1.13. The molecule has 0 spiro atoms. The Morgan fingerprint density at radius 2 is 1.85 bits per heavy atom. The molecule has 2 aromatic carbocycles. The van der Waals surface area contributed by atoms with Crippen LogP contribution in [0.5, 0.6) is 0 Å². The largest absolute Gasteiger partial charge is 0.399 e. The minimum Gasteiger partial charge on any atom is -0.399 e. The van der Waals surface area contributed by atoms with E-state index in [0.717, 1.165) is 41.1 Å². The third-order valence-electron chi connectivity index (χ3n) is 4.74. The van der Waals surface area contributed by atoms with Crippen LogP contribution in [0.25, 0.3) is 11.0 Å². The van der Waals surface area contributed by atoms with Gasteiger partial charge in [0.1, 0.15) is 5.82 Å². The second-order valence-corrected chi connectivity index (χ2v) is 6.66. The number of nitrogens with one attached hydrogen (secondary N) is 1. The number of nitrogen functional groups attached to an aromatic ring is 1. The van der Waals surface area contributed by atoms with Gasteiger partial charge in [0.15, 0.2) is 0 Å². The summed E-state index contributed by atoms with van der Waals surface area (Å²) in [6.45, 7) is 1.04. The smallest absolute Gasteiger partial charge is 0.228 e. The van der Waals surface area contributed by atoms with Crippen molar-refractivity contribution in [1.29, 1.82) is 0 Å². The molecule has 2 heterocycles. The number of rotatable bonds is 3. The molecule has 7 heteroatoms. The number of fused-ring (bicyclic) bond motifs is 3. The van der Waals surface area contributed by atoms with Crippen molar-refractivity contribution in [2.45, 2.75) is 38.6 Å². The van der Waals surface area contributed by atoms with Gasteiger partial charge in [0.05, 0.1) is 17.5 Å². The van der Waals surface area contributed by atoms with Crippen molar-refractivity contribution in [3.8, 4) is 0 Å². The Morgan fingerprint density at radius 1 is 1.07 bits per heavy atom. The normalized spacial score (nSPS) is 13.0. The van der Waals surface area contributed by atoms with Gasteiger partial charge in [0.25, 0.3) is 0 Å². The summed E-state index contributed by atoms with van der Waals surface area (Å²) >= 11 is 0. The molecule has 1 aliphatic heterocycles. The number of benzene rings is 2. The fourth-order valence-electron chi connectivity index (χ4n) is 3.45. The van der Waals surface area contributed by atoms with Gasteiger partial charge in [0.2, 0.25) is 5.91 Å². The van der Waals surface area contributed by atoms with Crippen LogP contribution >= 0.6 is 24.8 Å². The highest BCUT2D eigenvalue weighted by Crippen LogP contribution is 2.24. The van der Waals surface area contributed by atoms with E-state index in [0.29, 0.717) is 12.1 Å². The average Bonchev–Trinajstić information content (AvgIpc) is 2.77. The van der Waals surface area contributed by atoms with E-state index in [-0.39, 0.29) is 30.7 Å². The van der Waals surface area contributed by atoms with Gasteiger partial charge in [-0.3, -0.25) is 4.79 Å². The third-order valence-corrected chi connectivity index (χ3v) is 4.74. The molecule has 0 aliphatic carbocycles. The van der Waals surface area contributed by atoms with Crippen LogP contribution < -0.4 is 11.1 Å². The van der Waals surface area contributed by atoms with E-state index in [4.69, 9.17) is 10.7 Å². The third kappa shape index (κ3) is 4.73. The molecular formula is C20H24Cl2N4O. The van der Waals surface area contributed by atoms with Gasteiger partial charge in [-0.2, -0.15) is 0 Å². The monoisotopic (exact) mass is 406 g/mol. The zero-order valence-corrected chi connectivity index (χ0v) is 16.6. The SMILES string of the molecule is Cl.Cl.Nc1ccc(CC(=O)Nc2ccc3c(c2)nc2n3CCCCC2)cc1. The number of nitrogens with two attached hydrogens (primary N) is 1. The number of carbonyl (C=O) groups is 1. The first kappa shape index (κ1) is 21.1. The summed E-state index contributed by atoms with van der Waals surface area (Å²) in [7, 11) is 0. The van der Waals surface area contributed by atoms with Crippen LogP contribution in [0, 0.1) is 0 Å². The van der Waals surface area contributed by atoms with Crippen molar-refractivity contribution < 1.29 is 4.79 Å². The first-order chi connectivity index (χ1) is 12.2. The first-order valence-corrected chi connectivity index (χ1v) is 8.82. The summed E-state index contributed by atoms with van der Waals surface area (Å²) in [6.07, 6.45) is 5.04. The fraction of sp³-hybridized carbons (Fsp3) is 0.300. The maximum Gasteiger partial charge on any atom is 0.228 e. The lowest BCUT2D eigenvalue weighted by atomic mass is 10.1. The van der Waals surface area contributed by atoms with Crippen LogP contribution in [0.15, 0.2) is 42.5 Å². The number of carbonyl (C=O) groups excluding carboxylic acids is 1. The molecule has 144 valence electrons. The summed E-state index contributed by atoms with van der Waals surface area (Å²) < 4.78 is 2.32. The van der Waals surface area contributed by atoms with Crippen molar-refractivity contribution in [3.05, 3.63) is 53.9 Å². The van der Waals surface area contributed by atoms with Crippen molar-refractivity contribution in [3.63, 3.8) is 0 Å². The zero-order valence-electron chi connectivity index (χ0n) is 15.0. The van der Waals surface area contributed by atoms with Crippen molar-refractivity contribution >= 4 is 53.1 Å². The molecule has 0 unspecified atom stereocenters. The fourth-order valence-corrected chi connectivity index (χ4v) is 3.45. The maximum absolute atomic E-state index is 12.3. The minimum absolute atomic E-state index is 0. The standard InChI is InChI=1S/C20H22N4O.2ClH/c21-15-7-5-14(6-8-15)12-20(25)22-16-9-10-18-17(13-16)23-19-4-2-1-3-11-24(18)19;;/h5-10,13H,1-4,11-12,21H2,(H,22,25);2*1H. The van der Waals surface area contributed by atoms with Gasteiger partial charge in [-0.1, -0.05) is 18.6 Å². The van der Waals surface area contributed by atoms with E-state index >= 15 is 0 Å². The second kappa shape index (κ2) is 9.11. The second-order valence-electron chi connectivity index (χ2n) is 6.66. The molecule has 0 bridgehead atoms. The molecule has 3 N–H and O–H groups in total. The van der Waals surface area contributed by atoms with Crippen LogP contribution in [0.2, 0.25) is 0 Å². The molecule has 3 aromatic rings. The lowest BCUT2D eigenvalue weighted by Gasteiger charge is -2.07. The maximum atomic E-state index is 12.3. The molecule has 0 atom stereocenters. The summed E-state index contributed by atoms with van der Waals surface area (Å²) in [6, 6.07) is 13.4. The van der Waals surface area contributed by atoms with Crippen LogP contribution in [-0.2, 0) is 24.2 Å². The Bertz CT molecular complexity index is 922. The number of aryl methyl sites for hydroxylation is 2. The molecule has 4 rings (SSSR count). The number of anilines is 2. The van der Waals surface area contributed by atoms with Gasteiger partial charge in [0, 0.05) is 24.3 Å².